The van der Waals surface area contributed by atoms with E-state index < -0.39 is 0 Å². The van der Waals surface area contributed by atoms with Gasteiger partial charge in [-0.1, -0.05) is 18.2 Å². The zero-order valence-corrected chi connectivity index (χ0v) is 18.5. The molecule has 1 aromatic carbocycles. The molecule has 3 atom stereocenters. The van der Waals surface area contributed by atoms with Crippen LogP contribution in [0.2, 0.25) is 0 Å². The van der Waals surface area contributed by atoms with Crippen LogP contribution >= 0.6 is 0 Å². The number of carbonyl (C=O) groups is 2. The van der Waals surface area contributed by atoms with Gasteiger partial charge < -0.3 is 25.3 Å². The fraction of sp³-hybridized carbons (Fsp3) is 0.583. The van der Waals surface area contributed by atoms with E-state index in [2.05, 4.69) is 44.9 Å². The molecular formula is C24H34N4O3. The molecular weight excluding hydrogens is 392 g/mol. The van der Waals surface area contributed by atoms with E-state index in [4.69, 9.17) is 4.74 Å². The molecule has 1 aromatic heterocycles. The van der Waals surface area contributed by atoms with Gasteiger partial charge >= 0.3 is 0 Å². The van der Waals surface area contributed by atoms with Crippen LogP contribution in [-0.4, -0.2) is 60.6 Å². The van der Waals surface area contributed by atoms with E-state index in [9.17, 15) is 9.59 Å². The number of rotatable bonds is 9. The third-order valence-corrected chi connectivity index (χ3v) is 6.44. The minimum absolute atomic E-state index is 0.00119. The normalized spacial score (nSPS) is 22.3. The Morgan fingerprint density at radius 2 is 2.06 bits per heavy atom. The summed E-state index contributed by atoms with van der Waals surface area (Å²) in [6.07, 6.45) is 6.65. The first-order valence-corrected chi connectivity index (χ1v) is 11.4. The highest BCUT2D eigenvalue weighted by Gasteiger charge is 2.42. The molecule has 2 fully saturated rings. The third kappa shape index (κ3) is 5.10. The molecule has 0 spiro atoms. The van der Waals surface area contributed by atoms with Gasteiger partial charge in [-0.25, -0.2) is 0 Å². The zero-order valence-electron chi connectivity index (χ0n) is 18.5. The van der Waals surface area contributed by atoms with Gasteiger partial charge in [0.25, 0.3) is 0 Å². The minimum atomic E-state index is -0.124. The first-order chi connectivity index (χ1) is 15.1. The molecule has 31 heavy (non-hydrogen) atoms. The summed E-state index contributed by atoms with van der Waals surface area (Å²) in [4.78, 5) is 30.9. The Morgan fingerprint density at radius 3 is 2.81 bits per heavy atom. The number of aromatic nitrogens is 1. The van der Waals surface area contributed by atoms with Crippen molar-refractivity contribution in [2.24, 2.45) is 5.92 Å². The lowest BCUT2D eigenvalue weighted by Crippen LogP contribution is -2.53. The monoisotopic (exact) mass is 426 g/mol. The summed E-state index contributed by atoms with van der Waals surface area (Å²) in [5.41, 5.74) is 2.29. The molecule has 2 aromatic rings. The topological polar surface area (TPSA) is 86.5 Å². The Hall–Kier alpha value is -2.38. The first-order valence-electron chi connectivity index (χ1n) is 11.4. The summed E-state index contributed by atoms with van der Waals surface area (Å²) in [5.74, 6) is 0.0364. The maximum absolute atomic E-state index is 13.8. The summed E-state index contributed by atoms with van der Waals surface area (Å²) in [5, 5.41) is 7.51. The second-order valence-electron chi connectivity index (χ2n) is 8.91. The van der Waals surface area contributed by atoms with Crippen LogP contribution in [0, 0.1) is 5.92 Å². The summed E-state index contributed by atoms with van der Waals surface area (Å²) in [7, 11) is 1.72. The molecule has 7 heteroatoms. The minimum Gasteiger partial charge on any atom is -0.385 e. The second-order valence-corrected chi connectivity index (χ2v) is 8.91. The highest BCUT2D eigenvalue weighted by Crippen LogP contribution is 2.40. The number of hydrogen-bond acceptors (Lipinski definition) is 4. The van der Waals surface area contributed by atoms with E-state index in [1.54, 1.807) is 7.11 Å². The van der Waals surface area contributed by atoms with Crippen molar-refractivity contribution in [1.82, 2.24) is 20.5 Å². The maximum atomic E-state index is 13.8. The van der Waals surface area contributed by atoms with Gasteiger partial charge in [0.05, 0.1) is 12.0 Å². The van der Waals surface area contributed by atoms with Crippen LogP contribution < -0.4 is 10.6 Å². The van der Waals surface area contributed by atoms with E-state index in [1.807, 2.05) is 6.07 Å². The molecule has 2 amide bonds. The van der Waals surface area contributed by atoms with Gasteiger partial charge in [-0.3, -0.25) is 9.59 Å². The number of hydrogen-bond donors (Lipinski definition) is 3. The molecule has 168 valence electrons. The largest absolute Gasteiger partial charge is 0.385 e. The Morgan fingerprint density at radius 1 is 1.26 bits per heavy atom. The van der Waals surface area contributed by atoms with Crippen LogP contribution in [0.15, 0.2) is 30.5 Å². The third-order valence-electron chi connectivity index (χ3n) is 6.44. The SMILES string of the molecule is COCCCC(c1c[nH]c2ccccc12)N(C(=O)[C@@H]1CNC[C@@H](NC(C)=O)C1)C1CC1. The van der Waals surface area contributed by atoms with Crippen LogP contribution in [0.4, 0.5) is 0 Å². The predicted octanol–water partition coefficient (Wildman–Crippen LogP) is 2.74. The van der Waals surface area contributed by atoms with E-state index in [1.165, 1.54) is 17.9 Å². The van der Waals surface area contributed by atoms with Gasteiger partial charge in [0.1, 0.15) is 0 Å². The number of piperidine rings is 1. The molecule has 2 heterocycles. The van der Waals surface area contributed by atoms with Crippen molar-refractivity contribution in [3.05, 3.63) is 36.0 Å². The highest BCUT2D eigenvalue weighted by molar-refractivity contribution is 5.86. The Labute approximate surface area is 183 Å². The van der Waals surface area contributed by atoms with Crippen molar-refractivity contribution >= 4 is 22.7 Å². The fourth-order valence-corrected chi connectivity index (χ4v) is 4.91. The molecule has 1 saturated carbocycles. The quantitative estimate of drug-likeness (QED) is 0.538. The van der Waals surface area contributed by atoms with Crippen molar-refractivity contribution in [2.75, 3.05) is 26.8 Å². The van der Waals surface area contributed by atoms with Crippen LogP contribution in [0.1, 0.15) is 50.6 Å². The van der Waals surface area contributed by atoms with Gasteiger partial charge in [0, 0.05) is 62.9 Å². The molecule has 3 N–H and O–H groups in total. The number of nitrogens with one attached hydrogen (secondary N) is 3. The van der Waals surface area contributed by atoms with Crippen molar-refractivity contribution in [3.63, 3.8) is 0 Å². The average Bonchev–Trinajstić information content (AvgIpc) is 3.51. The Bertz CT molecular complexity index is 907. The van der Waals surface area contributed by atoms with Crippen LogP contribution in [0.25, 0.3) is 10.9 Å². The molecule has 0 radical (unpaired) electrons. The van der Waals surface area contributed by atoms with Gasteiger partial charge in [-0.15, -0.1) is 0 Å². The molecule has 2 aliphatic rings. The fourth-order valence-electron chi connectivity index (χ4n) is 4.91. The van der Waals surface area contributed by atoms with Crippen molar-refractivity contribution in [2.45, 2.75) is 57.2 Å². The maximum Gasteiger partial charge on any atom is 0.227 e. The molecule has 1 aliphatic heterocycles. The predicted molar refractivity (Wildman–Crippen MR) is 121 cm³/mol. The number of carbonyl (C=O) groups excluding carboxylic acids is 2. The van der Waals surface area contributed by atoms with Crippen LogP contribution in [-0.2, 0) is 14.3 Å². The molecule has 4 rings (SSSR count). The van der Waals surface area contributed by atoms with Crippen molar-refractivity contribution in [3.8, 4) is 0 Å². The van der Waals surface area contributed by atoms with E-state index in [0.29, 0.717) is 32.2 Å². The lowest BCUT2D eigenvalue weighted by atomic mass is 9.91. The molecule has 0 bridgehead atoms. The molecule has 1 saturated heterocycles. The number of amides is 2. The first kappa shape index (κ1) is 21.8. The molecule has 7 nitrogen and oxygen atoms in total. The van der Waals surface area contributed by atoms with Crippen molar-refractivity contribution in [1.29, 1.82) is 0 Å². The van der Waals surface area contributed by atoms with Crippen LogP contribution in [0.5, 0.6) is 0 Å². The van der Waals surface area contributed by atoms with Gasteiger partial charge in [0.15, 0.2) is 0 Å². The van der Waals surface area contributed by atoms with Gasteiger partial charge in [-0.2, -0.15) is 0 Å². The summed E-state index contributed by atoms with van der Waals surface area (Å²) < 4.78 is 5.32. The lowest BCUT2D eigenvalue weighted by molar-refractivity contribution is -0.140. The second kappa shape index (κ2) is 9.83. The number of para-hydroxylation sites is 1. The number of fused-ring (bicyclic) bond motifs is 1. The number of methoxy groups -OCH3 is 1. The number of aromatic amines is 1. The molecule has 1 aliphatic carbocycles. The van der Waals surface area contributed by atoms with E-state index in [-0.39, 0.29) is 29.8 Å². The zero-order chi connectivity index (χ0) is 21.8. The summed E-state index contributed by atoms with van der Waals surface area (Å²) in [6.45, 7) is 3.59. The number of benzene rings is 1. The number of ether oxygens (including phenoxy) is 1. The lowest BCUT2D eigenvalue weighted by Gasteiger charge is -2.38. The van der Waals surface area contributed by atoms with E-state index in [0.717, 1.165) is 31.2 Å². The average molecular weight is 427 g/mol. The Balaban J connectivity index is 1.61. The highest BCUT2D eigenvalue weighted by atomic mass is 16.5. The van der Waals surface area contributed by atoms with E-state index >= 15 is 0 Å². The summed E-state index contributed by atoms with van der Waals surface area (Å²) in [6, 6.07) is 8.62. The standard InChI is InChI=1S/C24H34N4O3/c1-16(29)27-18-12-17(13-25-14-18)24(30)28(19-9-10-19)23(8-5-11-31-2)21-15-26-22-7-4-3-6-20(21)22/h3-4,6-7,15,17-19,23,25-26H,5,8-14H2,1-2H3,(H,27,29)/t17-,18-,23?/m0/s1. The van der Waals surface area contributed by atoms with Gasteiger partial charge in [-0.05, 0) is 43.7 Å². The molecule has 1 unspecified atom stereocenters. The summed E-state index contributed by atoms with van der Waals surface area (Å²) >= 11 is 0. The number of H-pyrrole nitrogens is 1. The smallest absolute Gasteiger partial charge is 0.227 e. The van der Waals surface area contributed by atoms with Crippen LogP contribution in [0.3, 0.4) is 0 Å². The van der Waals surface area contributed by atoms with Gasteiger partial charge in [0.2, 0.25) is 11.8 Å². The number of nitrogens with zero attached hydrogens (tertiary/aromatic N) is 1. The Kier molecular flexibility index (Phi) is 6.92. The van der Waals surface area contributed by atoms with Crippen molar-refractivity contribution < 1.29 is 14.3 Å².